The van der Waals surface area contributed by atoms with Gasteiger partial charge in [0.05, 0.1) is 5.56 Å². The van der Waals surface area contributed by atoms with Crippen molar-refractivity contribution in [1.82, 2.24) is 0 Å². The molecule has 0 amide bonds. The van der Waals surface area contributed by atoms with Crippen LogP contribution in [0, 0.1) is 35.5 Å². The molecule has 0 aromatic heterocycles. The zero-order valence-corrected chi connectivity index (χ0v) is 18.4. The van der Waals surface area contributed by atoms with Crippen LogP contribution in [-0.2, 0) is 6.18 Å². The Morgan fingerprint density at radius 2 is 1.40 bits per heavy atom. The van der Waals surface area contributed by atoms with Gasteiger partial charge in [0, 0.05) is 11.5 Å². The van der Waals surface area contributed by atoms with E-state index >= 15 is 0 Å². The minimum absolute atomic E-state index is 0.401. The van der Waals surface area contributed by atoms with Gasteiger partial charge in [0.25, 0.3) is 0 Å². The van der Waals surface area contributed by atoms with Gasteiger partial charge in [-0.25, -0.2) is 0 Å². The zero-order valence-electron chi connectivity index (χ0n) is 18.4. The fraction of sp³-hybridized carbons (Fsp3) is 0.704. The van der Waals surface area contributed by atoms with E-state index in [0.717, 1.165) is 42.7 Å². The highest BCUT2D eigenvalue weighted by Crippen LogP contribution is 2.42. The molecule has 1 aromatic rings. The van der Waals surface area contributed by atoms with E-state index in [1.807, 2.05) is 0 Å². The molecule has 3 rings (SSSR count). The maximum absolute atomic E-state index is 12.7. The molecular formula is C27H37F3. The number of rotatable bonds is 6. The van der Waals surface area contributed by atoms with Crippen molar-refractivity contribution in [2.24, 2.45) is 23.7 Å². The lowest BCUT2D eigenvalue weighted by Gasteiger charge is -2.37. The van der Waals surface area contributed by atoms with Crippen LogP contribution in [0.4, 0.5) is 13.2 Å². The van der Waals surface area contributed by atoms with Crippen LogP contribution in [0.15, 0.2) is 24.3 Å². The third-order valence-corrected chi connectivity index (χ3v) is 7.43. The highest BCUT2D eigenvalue weighted by atomic mass is 19.4. The van der Waals surface area contributed by atoms with Crippen LogP contribution in [0.5, 0.6) is 0 Å². The largest absolute Gasteiger partial charge is 0.416 e. The summed E-state index contributed by atoms with van der Waals surface area (Å²) in [6.45, 7) is 2.28. The highest BCUT2D eigenvalue weighted by Gasteiger charge is 2.31. The minimum atomic E-state index is -4.28. The summed E-state index contributed by atoms with van der Waals surface area (Å²) in [7, 11) is 0. The normalized spacial score (nSPS) is 27.3. The molecule has 0 saturated heterocycles. The molecule has 30 heavy (non-hydrogen) atoms. The van der Waals surface area contributed by atoms with Crippen molar-refractivity contribution >= 4 is 0 Å². The second-order valence-electron chi connectivity index (χ2n) is 9.59. The smallest absolute Gasteiger partial charge is 0.166 e. The quantitative estimate of drug-likeness (QED) is 0.320. The van der Waals surface area contributed by atoms with Crippen molar-refractivity contribution in [3.8, 4) is 11.8 Å². The molecule has 0 spiro atoms. The average molecular weight is 419 g/mol. The van der Waals surface area contributed by atoms with E-state index < -0.39 is 11.7 Å². The molecular weight excluding hydrogens is 381 g/mol. The summed E-state index contributed by atoms with van der Waals surface area (Å²) in [6.07, 6.45) is 13.3. The van der Waals surface area contributed by atoms with Gasteiger partial charge < -0.3 is 0 Å². The molecule has 0 heterocycles. The van der Waals surface area contributed by atoms with Crippen molar-refractivity contribution in [2.45, 2.75) is 96.6 Å². The van der Waals surface area contributed by atoms with Gasteiger partial charge >= 0.3 is 6.18 Å². The van der Waals surface area contributed by atoms with Crippen molar-refractivity contribution in [1.29, 1.82) is 0 Å². The van der Waals surface area contributed by atoms with Crippen molar-refractivity contribution in [3.63, 3.8) is 0 Å². The fourth-order valence-electron chi connectivity index (χ4n) is 5.47. The van der Waals surface area contributed by atoms with Gasteiger partial charge in [0.2, 0.25) is 0 Å². The van der Waals surface area contributed by atoms with Crippen LogP contribution in [0.1, 0.15) is 102 Å². The second kappa shape index (κ2) is 11.3. The number of unbranched alkanes of at least 4 members (excludes halogenated alkanes) is 3. The van der Waals surface area contributed by atoms with Crippen molar-refractivity contribution in [2.75, 3.05) is 0 Å². The Hall–Kier alpha value is -1.43. The van der Waals surface area contributed by atoms with E-state index in [1.54, 1.807) is 0 Å². The van der Waals surface area contributed by atoms with Crippen LogP contribution in [0.3, 0.4) is 0 Å². The van der Waals surface area contributed by atoms with Gasteiger partial charge in [-0.15, -0.1) is 0 Å². The van der Waals surface area contributed by atoms with Gasteiger partial charge in [0.1, 0.15) is 0 Å². The lowest BCUT2D eigenvalue weighted by atomic mass is 9.69. The fourth-order valence-corrected chi connectivity index (χ4v) is 5.47. The third kappa shape index (κ3) is 7.07. The predicted octanol–water partition coefficient (Wildman–Crippen LogP) is 8.64. The number of alkyl halides is 3. The Balaban J connectivity index is 1.38. The van der Waals surface area contributed by atoms with Crippen molar-refractivity contribution in [3.05, 3.63) is 35.4 Å². The van der Waals surface area contributed by atoms with E-state index in [-0.39, 0.29) is 0 Å². The van der Waals surface area contributed by atoms with Gasteiger partial charge in [-0.05, 0) is 80.5 Å². The molecule has 2 aliphatic rings. The minimum Gasteiger partial charge on any atom is -0.166 e. The maximum Gasteiger partial charge on any atom is 0.416 e. The molecule has 0 N–H and O–H groups in total. The number of halogens is 3. The Bertz CT molecular complexity index is 676. The summed E-state index contributed by atoms with van der Waals surface area (Å²) < 4.78 is 38.0. The third-order valence-electron chi connectivity index (χ3n) is 7.43. The molecule has 2 aliphatic carbocycles. The second-order valence-corrected chi connectivity index (χ2v) is 9.59. The standard InChI is InChI=1S/C27H37F3/c1-2-3-4-5-6-21-9-15-24(16-10-21)25-17-11-22(12-18-25)7-8-23-13-19-26(20-14-23)27(28,29)30/h13-14,19-22,24-25H,2-6,9-12,15-18H2,1H3. The van der Waals surface area contributed by atoms with Crippen LogP contribution in [-0.4, -0.2) is 0 Å². The van der Waals surface area contributed by atoms with E-state index in [9.17, 15) is 13.2 Å². The molecule has 0 aliphatic heterocycles. The molecule has 0 nitrogen and oxygen atoms in total. The first-order chi connectivity index (χ1) is 14.5. The van der Waals surface area contributed by atoms with E-state index in [2.05, 4.69) is 18.8 Å². The van der Waals surface area contributed by atoms with Crippen LogP contribution in [0.25, 0.3) is 0 Å². The summed E-state index contributed by atoms with van der Waals surface area (Å²) >= 11 is 0. The molecule has 0 atom stereocenters. The Kier molecular flexibility index (Phi) is 8.72. The SMILES string of the molecule is CCCCCCC1CCC(C2CCC(C#Cc3ccc(C(F)(F)F)cc3)CC2)CC1. The summed E-state index contributed by atoms with van der Waals surface area (Å²) in [6, 6.07) is 5.23. The molecule has 2 fully saturated rings. The van der Waals surface area contributed by atoms with Gasteiger partial charge in [-0.3, -0.25) is 0 Å². The summed E-state index contributed by atoms with van der Waals surface area (Å²) in [5.74, 6) is 9.60. The van der Waals surface area contributed by atoms with Crippen LogP contribution in [0.2, 0.25) is 0 Å². The average Bonchev–Trinajstić information content (AvgIpc) is 2.76. The van der Waals surface area contributed by atoms with E-state index in [1.165, 1.54) is 82.8 Å². The highest BCUT2D eigenvalue weighted by molar-refractivity contribution is 5.37. The number of hydrogen-bond acceptors (Lipinski definition) is 0. The first-order valence-electron chi connectivity index (χ1n) is 12.1. The summed E-state index contributed by atoms with van der Waals surface area (Å²) in [5, 5.41) is 0. The van der Waals surface area contributed by atoms with Gasteiger partial charge in [0.15, 0.2) is 0 Å². The predicted molar refractivity (Wildman–Crippen MR) is 118 cm³/mol. The van der Waals surface area contributed by atoms with Gasteiger partial charge in [-0.1, -0.05) is 63.7 Å². The van der Waals surface area contributed by atoms with E-state index in [0.29, 0.717) is 11.5 Å². The topological polar surface area (TPSA) is 0 Å². The molecule has 0 bridgehead atoms. The van der Waals surface area contributed by atoms with E-state index in [4.69, 9.17) is 0 Å². The molecule has 0 unspecified atom stereocenters. The van der Waals surface area contributed by atoms with Gasteiger partial charge in [-0.2, -0.15) is 13.2 Å². The van der Waals surface area contributed by atoms with Crippen LogP contribution < -0.4 is 0 Å². The molecule has 3 heteroatoms. The monoisotopic (exact) mass is 418 g/mol. The van der Waals surface area contributed by atoms with Crippen LogP contribution >= 0.6 is 0 Å². The first kappa shape index (κ1) is 23.2. The number of hydrogen-bond donors (Lipinski definition) is 0. The van der Waals surface area contributed by atoms with Crippen molar-refractivity contribution < 1.29 is 13.2 Å². The lowest BCUT2D eigenvalue weighted by Crippen LogP contribution is -2.25. The summed E-state index contributed by atoms with van der Waals surface area (Å²) in [5.41, 5.74) is 0.0756. The number of benzene rings is 1. The maximum atomic E-state index is 12.7. The molecule has 166 valence electrons. The molecule has 1 aromatic carbocycles. The lowest BCUT2D eigenvalue weighted by molar-refractivity contribution is -0.137. The Morgan fingerprint density at radius 3 is 1.97 bits per heavy atom. The molecule has 0 radical (unpaired) electrons. The molecule has 2 saturated carbocycles. The zero-order chi connectivity index (χ0) is 21.4. The summed E-state index contributed by atoms with van der Waals surface area (Å²) in [4.78, 5) is 0. The first-order valence-corrected chi connectivity index (χ1v) is 12.1. The Labute approximate surface area is 181 Å². The Morgan fingerprint density at radius 1 is 0.800 bits per heavy atom.